The van der Waals surface area contributed by atoms with Crippen molar-refractivity contribution in [2.24, 2.45) is 5.92 Å². The average Bonchev–Trinajstić information content (AvgIpc) is 3.55. The molecule has 2 aromatic rings. The molecule has 236 valence electrons. The number of benzene rings is 1. The molecule has 0 bridgehead atoms. The number of aromatic hydroxyl groups is 1. The molecule has 1 aromatic heterocycles. The van der Waals surface area contributed by atoms with Crippen LogP contribution in [-0.2, 0) is 30.3 Å². The summed E-state index contributed by atoms with van der Waals surface area (Å²) in [5.41, 5.74) is -0.140. The molecule has 0 unspecified atom stereocenters. The lowest BCUT2D eigenvalue weighted by Crippen LogP contribution is -2.57. The predicted molar refractivity (Wildman–Crippen MR) is 160 cm³/mol. The number of pyridine rings is 1. The first-order valence-corrected chi connectivity index (χ1v) is 15.0. The van der Waals surface area contributed by atoms with E-state index in [-0.39, 0.29) is 30.3 Å². The quantitative estimate of drug-likeness (QED) is 0.234. The van der Waals surface area contributed by atoms with Crippen LogP contribution in [0.5, 0.6) is 5.88 Å². The molecule has 0 spiro atoms. The van der Waals surface area contributed by atoms with Gasteiger partial charge in [0.2, 0.25) is 23.6 Å². The van der Waals surface area contributed by atoms with Crippen molar-refractivity contribution in [3.63, 3.8) is 0 Å². The minimum Gasteiger partial charge on any atom is -0.493 e. The molecular formula is C32H41N5O7. The summed E-state index contributed by atoms with van der Waals surface area (Å²) in [6.45, 7) is 6.05. The highest BCUT2D eigenvalue weighted by Gasteiger charge is 2.50. The summed E-state index contributed by atoms with van der Waals surface area (Å²) in [6, 6.07) is 10.8. The Morgan fingerprint density at radius 2 is 1.75 bits per heavy atom. The van der Waals surface area contributed by atoms with Crippen molar-refractivity contribution in [2.45, 2.75) is 76.6 Å². The number of aromatic nitrogens is 1. The van der Waals surface area contributed by atoms with Crippen molar-refractivity contribution in [1.29, 1.82) is 0 Å². The molecule has 0 radical (unpaired) electrons. The van der Waals surface area contributed by atoms with Crippen LogP contribution in [0.4, 0.5) is 0 Å². The number of rotatable bonds is 14. The molecule has 1 aromatic carbocycles. The van der Waals surface area contributed by atoms with Gasteiger partial charge in [-0.1, -0.05) is 50.2 Å². The number of amides is 4. The highest BCUT2D eigenvalue weighted by molar-refractivity contribution is 5.99. The SMILES string of the molecule is CC(C)CC[C@H](NC(=O)[C@H](Cc1ccccc1)NC(=O)[C@@H]1CCCN1C(=O)CNC(=O)c1cccc(O)n1)C(=O)[C@@]1(C)CO1. The maximum absolute atomic E-state index is 13.7. The van der Waals surface area contributed by atoms with Crippen LogP contribution in [0, 0.1) is 5.92 Å². The molecule has 2 aliphatic heterocycles. The van der Waals surface area contributed by atoms with E-state index in [9.17, 15) is 29.1 Å². The van der Waals surface area contributed by atoms with Gasteiger partial charge < -0.3 is 30.7 Å². The normalized spacial score (nSPS) is 20.5. The first-order valence-electron chi connectivity index (χ1n) is 15.0. The molecule has 4 amide bonds. The number of carbonyl (C=O) groups excluding carboxylic acids is 5. The first-order chi connectivity index (χ1) is 21.0. The van der Waals surface area contributed by atoms with E-state index in [1.54, 1.807) is 6.92 Å². The molecule has 0 saturated carbocycles. The van der Waals surface area contributed by atoms with Crippen LogP contribution in [0.2, 0.25) is 0 Å². The summed E-state index contributed by atoms with van der Waals surface area (Å²) < 4.78 is 5.37. The molecule has 2 saturated heterocycles. The molecule has 4 rings (SSSR count). The van der Waals surface area contributed by atoms with E-state index in [1.807, 2.05) is 44.2 Å². The summed E-state index contributed by atoms with van der Waals surface area (Å²) in [5.74, 6) is -2.27. The minimum atomic E-state index is -0.999. The molecule has 4 atom stereocenters. The molecule has 2 aliphatic rings. The van der Waals surface area contributed by atoms with Gasteiger partial charge in [-0.2, -0.15) is 0 Å². The molecule has 2 fully saturated rings. The maximum Gasteiger partial charge on any atom is 0.270 e. The van der Waals surface area contributed by atoms with E-state index >= 15 is 0 Å². The van der Waals surface area contributed by atoms with Gasteiger partial charge in [0.05, 0.1) is 19.2 Å². The maximum atomic E-state index is 13.7. The van der Waals surface area contributed by atoms with Gasteiger partial charge in [-0.25, -0.2) is 4.98 Å². The Balaban J connectivity index is 1.44. The number of Topliss-reactive ketones (excluding diaryl/α,β-unsaturated/α-hetero) is 1. The minimum absolute atomic E-state index is 0.0456. The third-order valence-corrected chi connectivity index (χ3v) is 7.92. The van der Waals surface area contributed by atoms with Gasteiger partial charge in [0.25, 0.3) is 5.91 Å². The largest absolute Gasteiger partial charge is 0.493 e. The molecule has 12 heteroatoms. The third kappa shape index (κ3) is 8.62. The Morgan fingerprint density at radius 3 is 2.41 bits per heavy atom. The van der Waals surface area contributed by atoms with Crippen LogP contribution in [0.1, 0.15) is 62.5 Å². The number of ketones is 1. The van der Waals surface area contributed by atoms with Crippen LogP contribution in [0.3, 0.4) is 0 Å². The Morgan fingerprint density at radius 1 is 1.02 bits per heavy atom. The number of carbonyl (C=O) groups is 5. The van der Waals surface area contributed by atoms with Crippen molar-refractivity contribution < 1.29 is 33.8 Å². The average molecular weight is 608 g/mol. The number of epoxide rings is 1. The smallest absolute Gasteiger partial charge is 0.270 e. The van der Waals surface area contributed by atoms with Crippen molar-refractivity contribution in [3.05, 3.63) is 59.8 Å². The highest BCUT2D eigenvalue weighted by atomic mass is 16.6. The molecule has 4 N–H and O–H groups in total. The van der Waals surface area contributed by atoms with Gasteiger partial charge >= 0.3 is 0 Å². The summed E-state index contributed by atoms with van der Waals surface area (Å²) in [4.78, 5) is 71.0. The van der Waals surface area contributed by atoms with E-state index in [1.165, 1.54) is 23.1 Å². The zero-order valence-electron chi connectivity index (χ0n) is 25.4. The molecule has 0 aliphatic carbocycles. The lowest BCUT2D eigenvalue weighted by atomic mass is 9.93. The number of hydrogen-bond acceptors (Lipinski definition) is 8. The zero-order chi connectivity index (χ0) is 31.9. The zero-order valence-corrected chi connectivity index (χ0v) is 25.4. The predicted octanol–water partition coefficient (Wildman–Crippen LogP) is 1.51. The second kappa shape index (κ2) is 14.4. The number of likely N-dealkylation sites (tertiary alicyclic amines) is 1. The lowest BCUT2D eigenvalue weighted by Gasteiger charge is -2.28. The highest BCUT2D eigenvalue weighted by Crippen LogP contribution is 2.29. The molecule has 3 heterocycles. The van der Waals surface area contributed by atoms with Gasteiger partial charge in [0, 0.05) is 19.0 Å². The van der Waals surface area contributed by atoms with E-state index in [0.29, 0.717) is 38.3 Å². The fourth-order valence-electron chi connectivity index (χ4n) is 5.22. The number of ether oxygens (including phenoxy) is 1. The summed E-state index contributed by atoms with van der Waals surface area (Å²) in [7, 11) is 0. The monoisotopic (exact) mass is 607 g/mol. The third-order valence-electron chi connectivity index (χ3n) is 7.92. The first kappa shape index (κ1) is 32.6. The van der Waals surface area contributed by atoms with Gasteiger partial charge in [0.15, 0.2) is 5.78 Å². The molecular weight excluding hydrogens is 566 g/mol. The fourth-order valence-corrected chi connectivity index (χ4v) is 5.22. The van der Waals surface area contributed by atoms with Gasteiger partial charge in [0.1, 0.15) is 23.4 Å². The Bertz CT molecular complexity index is 1360. The van der Waals surface area contributed by atoms with Crippen LogP contribution < -0.4 is 16.0 Å². The van der Waals surface area contributed by atoms with Crippen molar-refractivity contribution in [2.75, 3.05) is 19.7 Å². The number of hydrogen-bond donors (Lipinski definition) is 4. The van der Waals surface area contributed by atoms with Crippen LogP contribution in [0.25, 0.3) is 0 Å². The lowest BCUT2D eigenvalue weighted by molar-refractivity contribution is -0.139. The Hall–Kier alpha value is -4.32. The van der Waals surface area contributed by atoms with Crippen LogP contribution >= 0.6 is 0 Å². The Labute approximate surface area is 256 Å². The Kier molecular flexibility index (Phi) is 10.7. The van der Waals surface area contributed by atoms with Crippen molar-refractivity contribution in [1.82, 2.24) is 25.8 Å². The summed E-state index contributed by atoms with van der Waals surface area (Å²) in [5, 5.41) is 17.7. The second-order valence-corrected chi connectivity index (χ2v) is 12.0. The molecule has 12 nitrogen and oxygen atoms in total. The van der Waals surface area contributed by atoms with E-state index in [2.05, 4.69) is 20.9 Å². The summed E-state index contributed by atoms with van der Waals surface area (Å²) >= 11 is 0. The van der Waals surface area contributed by atoms with E-state index in [4.69, 9.17) is 4.74 Å². The van der Waals surface area contributed by atoms with Crippen LogP contribution in [-0.4, -0.2) is 87.8 Å². The summed E-state index contributed by atoms with van der Waals surface area (Å²) in [6.07, 6.45) is 2.32. The van der Waals surface area contributed by atoms with Crippen molar-refractivity contribution in [3.8, 4) is 5.88 Å². The van der Waals surface area contributed by atoms with Gasteiger partial charge in [-0.05, 0) is 50.2 Å². The van der Waals surface area contributed by atoms with Crippen molar-refractivity contribution >= 4 is 29.4 Å². The van der Waals surface area contributed by atoms with Gasteiger partial charge in [-0.3, -0.25) is 24.0 Å². The number of nitrogens with one attached hydrogen (secondary N) is 3. The van der Waals surface area contributed by atoms with Crippen LogP contribution in [0.15, 0.2) is 48.5 Å². The fraction of sp³-hybridized carbons (Fsp3) is 0.500. The number of nitrogens with zero attached hydrogens (tertiary/aromatic N) is 2. The second-order valence-electron chi connectivity index (χ2n) is 12.0. The van der Waals surface area contributed by atoms with Gasteiger partial charge in [-0.15, -0.1) is 0 Å². The standard InChI is InChI=1S/C32H41N5O7/c1-20(2)14-15-22(28(40)32(3)19-44-32)35-30(42)24(17-21-9-5-4-6-10-21)36-31(43)25-12-8-16-37(25)27(39)18-33-29(41)23-11-7-13-26(38)34-23/h4-7,9-11,13,20,22,24-25H,8,12,14-19H2,1-3H3,(H,33,41)(H,34,38)(H,35,42)(H,36,43)/t22-,24-,25-,32+/m0/s1. The molecule has 44 heavy (non-hydrogen) atoms. The van der Waals surface area contributed by atoms with E-state index in [0.717, 1.165) is 12.0 Å². The van der Waals surface area contributed by atoms with E-state index < -0.39 is 47.4 Å². The topological polar surface area (TPSA) is 170 Å².